The van der Waals surface area contributed by atoms with Crippen LogP contribution in [0.2, 0.25) is 0 Å². The lowest BCUT2D eigenvalue weighted by atomic mass is 10.1. The molecule has 9 nitrogen and oxygen atoms in total. The fraction of sp³-hybridized carbons (Fsp3) is 0.150. The van der Waals surface area contributed by atoms with Crippen LogP contribution in [0, 0.1) is 6.92 Å². The van der Waals surface area contributed by atoms with Gasteiger partial charge in [0.05, 0.1) is 28.1 Å². The number of rotatable bonds is 5. The standard InChI is InChI=1S/C20H14F3N5O4S2/c1-8-14(19(31)32-2)18(34-15(8)16(24)29)26-17(30)10-7-13-25-9(11-4-3-5-33-11)6-12(20(21,22)23)28(13)27-10/h3-7H,1-2H3,(H2,24,29)(H,26,30). The molecule has 0 aliphatic rings. The van der Waals surface area contributed by atoms with E-state index < -0.39 is 29.7 Å². The first kappa shape index (κ1) is 23.4. The fourth-order valence-electron chi connectivity index (χ4n) is 3.19. The Bertz CT molecular complexity index is 1440. The van der Waals surface area contributed by atoms with E-state index in [9.17, 15) is 27.6 Å². The fourth-order valence-corrected chi connectivity index (χ4v) is 4.92. The molecular weight excluding hydrogens is 495 g/mol. The third-order valence-electron chi connectivity index (χ3n) is 4.71. The number of thiophene rings is 2. The summed E-state index contributed by atoms with van der Waals surface area (Å²) in [5, 5.41) is 7.83. The van der Waals surface area contributed by atoms with Crippen molar-refractivity contribution in [3.8, 4) is 10.6 Å². The molecule has 34 heavy (non-hydrogen) atoms. The molecule has 3 N–H and O–H groups in total. The predicted molar refractivity (Wildman–Crippen MR) is 118 cm³/mol. The summed E-state index contributed by atoms with van der Waals surface area (Å²) >= 11 is 1.95. The number of primary amides is 1. The average Bonchev–Trinajstić information content (AvgIpc) is 3.50. The smallest absolute Gasteiger partial charge is 0.433 e. The Kier molecular flexibility index (Phi) is 5.87. The Hall–Kier alpha value is -3.78. The second-order valence-corrected chi connectivity index (χ2v) is 8.84. The van der Waals surface area contributed by atoms with E-state index >= 15 is 0 Å². The van der Waals surface area contributed by atoms with Crippen LogP contribution in [0.4, 0.5) is 18.2 Å². The Morgan fingerprint density at radius 3 is 2.56 bits per heavy atom. The summed E-state index contributed by atoms with van der Waals surface area (Å²) in [6, 6.07) is 5.24. The maximum absolute atomic E-state index is 13.7. The third-order valence-corrected chi connectivity index (χ3v) is 6.83. The van der Waals surface area contributed by atoms with Crippen LogP contribution in [0.1, 0.15) is 41.8 Å². The van der Waals surface area contributed by atoms with Gasteiger partial charge in [0, 0.05) is 6.07 Å². The first-order valence-electron chi connectivity index (χ1n) is 9.36. The molecule has 0 radical (unpaired) electrons. The summed E-state index contributed by atoms with van der Waals surface area (Å²) in [5.74, 6) is -2.56. The summed E-state index contributed by atoms with van der Waals surface area (Å²) in [6.45, 7) is 1.45. The highest BCUT2D eigenvalue weighted by Crippen LogP contribution is 2.35. The summed E-state index contributed by atoms with van der Waals surface area (Å²) in [4.78, 5) is 41.4. The van der Waals surface area contributed by atoms with Gasteiger partial charge in [-0.05, 0) is 30.0 Å². The van der Waals surface area contributed by atoms with Gasteiger partial charge in [0.2, 0.25) is 0 Å². The monoisotopic (exact) mass is 509 g/mol. The molecule has 4 aromatic rings. The molecule has 0 unspecified atom stereocenters. The molecular formula is C20H14F3N5O4S2. The number of nitrogens with two attached hydrogens (primary N) is 1. The van der Waals surface area contributed by atoms with Crippen LogP contribution >= 0.6 is 22.7 Å². The molecule has 0 aliphatic carbocycles. The number of hydrogen-bond acceptors (Lipinski definition) is 8. The van der Waals surface area contributed by atoms with Gasteiger partial charge >= 0.3 is 12.1 Å². The second kappa shape index (κ2) is 8.53. The summed E-state index contributed by atoms with van der Waals surface area (Å²) in [7, 11) is 1.12. The summed E-state index contributed by atoms with van der Waals surface area (Å²) in [6.07, 6.45) is -4.77. The van der Waals surface area contributed by atoms with Crippen LogP contribution in [0.5, 0.6) is 0 Å². The van der Waals surface area contributed by atoms with Gasteiger partial charge in [-0.3, -0.25) is 9.59 Å². The number of alkyl halides is 3. The van der Waals surface area contributed by atoms with Crippen LogP contribution in [-0.4, -0.2) is 39.5 Å². The van der Waals surface area contributed by atoms with E-state index in [2.05, 4.69) is 15.4 Å². The number of carbonyl (C=O) groups excluding carboxylic acids is 3. The molecule has 4 aromatic heterocycles. The Labute approximate surface area is 197 Å². The minimum absolute atomic E-state index is 0.0207. The summed E-state index contributed by atoms with van der Waals surface area (Å²) < 4.78 is 46.4. The van der Waals surface area contributed by atoms with Crippen LogP contribution in [0.25, 0.3) is 16.2 Å². The van der Waals surface area contributed by atoms with Crippen molar-refractivity contribution in [1.29, 1.82) is 0 Å². The number of ether oxygens (including phenoxy) is 1. The molecule has 0 saturated carbocycles. The molecule has 0 atom stereocenters. The van der Waals surface area contributed by atoms with E-state index in [4.69, 9.17) is 10.5 Å². The zero-order valence-electron chi connectivity index (χ0n) is 17.4. The van der Waals surface area contributed by atoms with Crippen LogP contribution in [0.15, 0.2) is 29.6 Å². The normalized spacial score (nSPS) is 11.6. The van der Waals surface area contributed by atoms with Gasteiger partial charge in [-0.15, -0.1) is 22.7 Å². The van der Waals surface area contributed by atoms with Gasteiger partial charge in [-0.1, -0.05) is 6.07 Å². The first-order chi connectivity index (χ1) is 16.0. The van der Waals surface area contributed by atoms with Crippen molar-refractivity contribution in [1.82, 2.24) is 14.6 Å². The van der Waals surface area contributed by atoms with Crippen molar-refractivity contribution >= 4 is 51.1 Å². The van der Waals surface area contributed by atoms with E-state index in [-0.39, 0.29) is 38.0 Å². The molecule has 14 heteroatoms. The number of methoxy groups -OCH3 is 1. The lowest BCUT2D eigenvalue weighted by molar-refractivity contribution is -0.142. The van der Waals surface area contributed by atoms with Gasteiger partial charge < -0.3 is 15.8 Å². The largest absolute Gasteiger partial charge is 0.465 e. The third kappa shape index (κ3) is 4.12. The van der Waals surface area contributed by atoms with Crippen molar-refractivity contribution in [2.75, 3.05) is 12.4 Å². The first-order valence-corrected chi connectivity index (χ1v) is 11.1. The van der Waals surface area contributed by atoms with Crippen LogP contribution in [-0.2, 0) is 10.9 Å². The van der Waals surface area contributed by atoms with Gasteiger partial charge in [0.15, 0.2) is 17.0 Å². The lowest BCUT2D eigenvalue weighted by Crippen LogP contribution is -2.16. The summed E-state index contributed by atoms with van der Waals surface area (Å²) in [5.41, 5.74) is 3.82. The van der Waals surface area contributed by atoms with Gasteiger partial charge in [-0.2, -0.15) is 18.3 Å². The minimum atomic E-state index is -4.77. The Balaban J connectivity index is 1.78. The molecule has 4 heterocycles. The number of amides is 2. The molecule has 0 spiro atoms. The number of nitrogens with zero attached hydrogens (tertiary/aromatic N) is 3. The molecule has 0 aromatic carbocycles. The minimum Gasteiger partial charge on any atom is -0.465 e. The highest BCUT2D eigenvalue weighted by molar-refractivity contribution is 7.18. The number of nitrogens with one attached hydrogen (secondary N) is 1. The number of anilines is 1. The van der Waals surface area contributed by atoms with Crippen molar-refractivity contribution in [2.45, 2.75) is 13.1 Å². The van der Waals surface area contributed by atoms with E-state index in [0.29, 0.717) is 9.39 Å². The zero-order valence-corrected chi connectivity index (χ0v) is 19.0. The van der Waals surface area contributed by atoms with Crippen LogP contribution in [0.3, 0.4) is 0 Å². The zero-order chi connectivity index (χ0) is 24.8. The number of carbonyl (C=O) groups is 3. The predicted octanol–water partition coefficient (Wildman–Crippen LogP) is 3.98. The molecule has 0 saturated heterocycles. The van der Waals surface area contributed by atoms with Crippen molar-refractivity contribution in [3.63, 3.8) is 0 Å². The highest BCUT2D eigenvalue weighted by Gasteiger charge is 2.36. The maximum atomic E-state index is 13.7. The number of hydrogen-bond donors (Lipinski definition) is 2. The Morgan fingerprint density at radius 1 is 1.24 bits per heavy atom. The lowest BCUT2D eigenvalue weighted by Gasteiger charge is -2.10. The molecule has 2 amide bonds. The van der Waals surface area contributed by atoms with Crippen LogP contribution < -0.4 is 11.1 Å². The maximum Gasteiger partial charge on any atom is 0.433 e. The molecule has 0 fully saturated rings. The topological polar surface area (TPSA) is 129 Å². The highest BCUT2D eigenvalue weighted by atomic mass is 32.1. The van der Waals surface area contributed by atoms with Gasteiger partial charge in [-0.25, -0.2) is 14.3 Å². The van der Waals surface area contributed by atoms with E-state index in [0.717, 1.165) is 30.6 Å². The number of aromatic nitrogens is 3. The van der Waals surface area contributed by atoms with Crippen molar-refractivity contribution in [2.24, 2.45) is 5.73 Å². The molecule has 4 rings (SSSR count). The molecule has 0 bridgehead atoms. The number of esters is 1. The van der Waals surface area contributed by atoms with Gasteiger partial charge in [0.25, 0.3) is 11.8 Å². The quantitative estimate of drug-likeness (QED) is 0.392. The van der Waals surface area contributed by atoms with E-state index in [1.807, 2.05) is 0 Å². The number of fused-ring (bicyclic) bond motifs is 1. The molecule has 176 valence electrons. The second-order valence-electron chi connectivity index (χ2n) is 6.87. The van der Waals surface area contributed by atoms with E-state index in [1.54, 1.807) is 17.5 Å². The van der Waals surface area contributed by atoms with Crippen molar-refractivity contribution in [3.05, 3.63) is 57.0 Å². The van der Waals surface area contributed by atoms with Crippen molar-refractivity contribution < 1.29 is 32.3 Å². The number of halogens is 3. The molecule has 0 aliphatic heterocycles. The Morgan fingerprint density at radius 2 is 1.97 bits per heavy atom. The van der Waals surface area contributed by atoms with E-state index in [1.165, 1.54) is 18.3 Å². The SMILES string of the molecule is COC(=O)c1c(NC(=O)c2cc3nc(-c4cccs4)cc(C(F)(F)F)n3n2)sc(C(N)=O)c1C. The average molecular weight is 509 g/mol. The van der Waals surface area contributed by atoms with Gasteiger partial charge in [0.1, 0.15) is 5.00 Å².